The van der Waals surface area contributed by atoms with Crippen LogP contribution in [0.2, 0.25) is 0 Å². The summed E-state index contributed by atoms with van der Waals surface area (Å²) >= 11 is 0. The zero-order valence-corrected chi connectivity index (χ0v) is 6.65. The molecule has 0 aromatic rings. The second kappa shape index (κ2) is 2.17. The van der Waals surface area contributed by atoms with Crippen LogP contribution in [-0.4, -0.2) is 0 Å². The van der Waals surface area contributed by atoms with Gasteiger partial charge in [0.15, 0.2) is 0 Å². The standard InChI is InChI=1S/C9H16/c1-6(2)8(4)9-5-7(9)3/h7-9H,1,5H2,2-4H3. The fourth-order valence-electron chi connectivity index (χ4n) is 1.41. The minimum absolute atomic E-state index is 0.764. The lowest BCUT2D eigenvalue weighted by Crippen LogP contribution is -1.98. The molecule has 1 saturated carbocycles. The van der Waals surface area contributed by atoms with E-state index in [0.29, 0.717) is 0 Å². The molecule has 1 aliphatic rings. The SMILES string of the molecule is C=C(C)C(C)C1CC1C. The van der Waals surface area contributed by atoms with Crippen molar-refractivity contribution in [3.63, 3.8) is 0 Å². The summed E-state index contributed by atoms with van der Waals surface area (Å²) in [6.07, 6.45) is 1.42. The van der Waals surface area contributed by atoms with Crippen molar-refractivity contribution < 1.29 is 0 Å². The van der Waals surface area contributed by atoms with Gasteiger partial charge in [-0.15, -0.1) is 0 Å². The van der Waals surface area contributed by atoms with E-state index in [1.54, 1.807) is 0 Å². The molecular weight excluding hydrogens is 108 g/mol. The first-order valence-corrected chi connectivity index (χ1v) is 3.78. The van der Waals surface area contributed by atoms with Crippen LogP contribution in [-0.2, 0) is 0 Å². The van der Waals surface area contributed by atoms with Crippen LogP contribution in [0.3, 0.4) is 0 Å². The molecule has 0 amide bonds. The molecule has 3 unspecified atom stereocenters. The average Bonchev–Trinajstić information content (AvgIpc) is 2.44. The van der Waals surface area contributed by atoms with Crippen molar-refractivity contribution in [2.45, 2.75) is 27.2 Å². The van der Waals surface area contributed by atoms with Crippen LogP contribution in [0.4, 0.5) is 0 Å². The highest BCUT2D eigenvalue weighted by Gasteiger charge is 2.36. The summed E-state index contributed by atoms with van der Waals surface area (Å²) in [4.78, 5) is 0. The van der Waals surface area contributed by atoms with Gasteiger partial charge in [0, 0.05) is 0 Å². The van der Waals surface area contributed by atoms with Crippen molar-refractivity contribution in [1.29, 1.82) is 0 Å². The van der Waals surface area contributed by atoms with Crippen LogP contribution in [0.5, 0.6) is 0 Å². The van der Waals surface area contributed by atoms with Crippen molar-refractivity contribution in [2.24, 2.45) is 17.8 Å². The van der Waals surface area contributed by atoms with E-state index in [1.165, 1.54) is 12.0 Å². The molecular formula is C9H16. The minimum atomic E-state index is 0.764. The predicted molar refractivity (Wildman–Crippen MR) is 41.2 cm³/mol. The number of allylic oxidation sites excluding steroid dienone is 1. The normalized spacial score (nSPS) is 35.9. The van der Waals surface area contributed by atoms with Gasteiger partial charge in [0.1, 0.15) is 0 Å². The van der Waals surface area contributed by atoms with Gasteiger partial charge in [-0.05, 0) is 31.1 Å². The molecule has 0 N–H and O–H groups in total. The molecule has 0 radical (unpaired) electrons. The molecule has 0 aromatic carbocycles. The summed E-state index contributed by atoms with van der Waals surface area (Å²) in [6, 6.07) is 0. The third-order valence-corrected chi connectivity index (χ3v) is 2.59. The Morgan fingerprint density at radius 2 is 2.11 bits per heavy atom. The highest BCUT2D eigenvalue weighted by atomic mass is 14.4. The molecule has 52 valence electrons. The smallest absolute Gasteiger partial charge is 0.0206 e. The fourth-order valence-corrected chi connectivity index (χ4v) is 1.41. The largest absolute Gasteiger partial charge is 0.0999 e. The van der Waals surface area contributed by atoms with E-state index in [4.69, 9.17) is 0 Å². The van der Waals surface area contributed by atoms with E-state index >= 15 is 0 Å². The lowest BCUT2D eigenvalue weighted by atomic mass is 9.98. The van der Waals surface area contributed by atoms with E-state index in [1.807, 2.05) is 0 Å². The summed E-state index contributed by atoms with van der Waals surface area (Å²) in [7, 11) is 0. The Hall–Kier alpha value is -0.260. The van der Waals surface area contributed by atoms with Crippen LogP contribution in [0.1, 0.15) is 27.2 Å². The molecule has 0 heteroatoms. The van der Waals surface area contributed by atoms with Crippen LogP contribution in [0, 0.1) is 17.8 Å². The van der Waals surface area contributed by atoms with Crippen LogP contribution < -0.4 is 0 Å². The summed E-state index contributed by atoms with van der Waals surface area (Å²) in [5.41, 5.74) is 1.35. The zero-order valence-electron chi connectivity index (χ0n) is 6.65. The first kappa shape index (κ1) is 6.85. The third-order valence-electron chi connectivity index (χ3n) is 2.59. The molecule has 0 spiro atoms. The number of rotatable bonds is 2. The molecule has 1 aliphatic carbocycles. The first-order chi connectivity index (χ1) is 4.13. The predicted octanol–water partition coefficient (Wildman–Crippen LogP) is 2.85. The number of hydrogen-bond acceptors (Lipinski definition) is 0. The summed E-state index contributed by atoms with van der Waals surface area (Å²) in [5.74, 6) is 2.69. The van der Waals surface area contributed by atoms with Gasteiger partial charge in [0.25, 0.3) is 0 Å². The maximum Gasteiger partial charge on any atom is -0.0206 e. The maximum atomic E-state index is 3.95. The Kier molecular flexibility index (Phi) is 1.65. The monoisotopic (exact) mass is 124 g/mol. The summed E-state index contributed by atoms with van der Waals surface area (Å²) in [6.45, 7) is 10.7. The second-order valence-corrected chi connectivity index (χ2v) is 3.51. The van der Waals surface area contributed by atoms with Crippen LogP contribution in [0.15, 0.2) is 12.2 Å². The summed E-state index contributed by atoms with van der Waals surface area (Å²) < 4.78 is 0. The molecule has 0 aromatic heterocycles. The molecule has 0 bridgehead atoms. The van der Waals surface area contributed by atoms with Crippen molar-refractivity contribution in [2.75, 3.05) is 0 Å². The van der Waals surface area contributed by atoms with E-state index in [0.717, 1.165) is 17.8 Å². The zero-order chi connectivity index (χ0) is 7.02. The Morgan fingerprint density at radius 1 is 1.67 bits per heavy atom. The minimum Gasteiger partial charge on any atom is -0.0999 e. The topological polar surface area (TPSA) is 0 Å². The third kappa shape index (κ3) is 1.35. The van der Waals surface area contributed by atoms with Crippen molar-refractivity contribution in [3.05, 3.63) is 12.2 Å². The Labute approximate surface area is 58.0 Å². The molecule has 1 rings (SSSR count). The lowest BCUT2D eigenvalue weighted by molar-refractivity contribution is 0.558. The average molecular weight is 124 g/mol. The van der Waals surface area contributed by atoms with E-state index < -0.39 is 0 Å². The molecule has 9 heavy (non-hydrogen) atoms. The van der Waals surface area contributed by atoms with Crippen LogP contribution in [0.25, 0.3) is 0 Å². The molecule has 3 atom stereocenters. The Bertz CT molecular complexity index is 124. The molecule has 0 aliphatic heterocycles. The van der Waals surface area contributed by atoms with Gasteiger partial charge in [0.2, 0.25) is 0 Å². The lowest BCUT2D eigenvalue weighted by Gasteiger charge is -2.08. The van der Waals surface area contributed by atoms with E-state index in [9.17, 15) is 0 Å². The molecule has 0 nitrogen and oxygen atoms in total. The summed E-state index contributed by atoms with van der Waals surface area (Å²) in [5, 5.41) is 0. The van der Waals surface area contributed by atoms with Crippen molar-refractivity contribution >= 4 is 0 Å². The van der Waals surface area contributed by atoms with Gasteiger partial charge in [-0.3, -0.25) is 0 Å². The van der Waals surface area contributed by atoms with E-state index in [-0.39, 0.29) is 0 Å². The van der Waals surface area contributed by atoms with Gasteiger partial charge in [-0.1, -0.05) is 26.0 Å². The van der Waals surface area contributed by atoms with Crippen molar-refractivity contribution in [3.8, 4) is 0 Å². The fraction of sp³-hybridized carbons (Fsp3) is 0.778. The van der Waals surface area contributed by atoms with Crippen LogP contribution >= 0.6 is 0 Å². The van der Waals surface area contributed by atoms with Gasteiger partial charge >= 0.3 is 0 Å². The van der Waals surface area contributed by atoms with Crippen molar-refractivity contribution in [1.82, 2.24) is 0 Å². The second-order valence-electron chi connectivity index (χ2n) is 3.51. The highest BCUT2D eigenvalue weighted by molar-refractivity contribution is 5.03. The first-order valence-electron chi connectivity index (χ1n) is 3.78. The van der Waals surface area contributed by atoms with Gasteiger partial charge in [-0.25, -0.2) is 0 Å². The number of hydrogen-bond donors (Lipinski definition) is 0. The molecule has 0 saturated heterocycles. The Morgan fingerprint density at radius 3 is 2.22 bits per heavy atom. The maximum absolute atomic E-state index is 3.95. The Balaban J connectivity index is 2.36. The van der Waals surface area contributed by atoms with E-state index in [2.05, 4.69) is 27.4 Å². The van der Waals surface area contributed by atoms with Gasteiger partial charge in [-0.2, -0.15) is 0 Å². The van der Waals surface area contributed by atoms with Gasteiger partial charge in [0.05, 0.1) is 0 Å². The quantitative estimate of drug-likeness (QED) is 0.496. The molecule has 0 heterocycles. The molecule has 1 fully saturated rings. The highest BCUT2D eigenvalue weighted by Crippen LogP contribution is 2.45. The van der Waals surface area contributed by atoms with Gasteiger partial charge < -0.3 is 0 Å².